The van der Waals surface area contributed by atoms with E-state index >= 15 is 0 Å². The van der Waals surface area contributed by atoms with Crippen molar-refractivity contribution in [1.82, 2.24) is 14.5 Å². The lowest BCUT2D eigenvalue weighted by Crippen LogP contribution is -2.38. The van der Waals surface area contributed by atoms with Crippen LogP contribution < -0.4 is 0 Å². The summed E-state index contributed by atoms with van der Waals surface area (Å²) in [6.45, 7) is 6.54. The molecule has 0 spiro atoms. The zero-order chi connectivity index (χ0) is 11.0. The second-order valence-corrected chi connectivity index (χ2v) is 4.89. The number of nitrogens with zero attached hydrogens (tertiary/aromatic N) is 3. The standard InChI is InChI=1S/C12H19N3O/c1-10-13-4-6-15(10)11-3-2-5-14(7-11)8-12-9-16-12/h4,6,11-12H,2-3,5,7-9H2,1H3. The third kappa shape index (κ3) is 2.13. The molecule has 3 rings (SSSR count). The van der Waals surface area contributed by atoms with Crippen LogP contribution in [-0.2, 0) is 4.74 Å². The molecule has 0 saturated carbocycles. The van der Waals surface area contributed by atoms with Crippen molar-refractivity contribution < 1.29 is 4.74 Å². The Hall–Kier alpha value is -0.870. The molecular weight excluding hydrogens is 202 g/mol. The van der Waals surface area contributed by atoms with E-state index in [9.17, 15) is 0 Å². The number of epoxide rings is 1. The Bertz CT molecular complexity index is 359. The number of aryl methyl sites for hydroxylation is 1. The van der Waals surface area contributed by atoms with E-state index in [0.29, 0.717) is 12.1 Å². The Labute approximate surface area is 96.2 Å². The van der Waals surface area contributed by atoms with Gasteiger partial charge in [-0.05, 0) is 26.3 Å². The van der Waals surface area contributed by atoms with Gasteiger partial charge in [0, 0.05) is 31.5 Å². The second kappa shape index (κ2) is 4.18. The number of hydrogen-bond acceptors (Lipinski definition) is 3. The van der Waals surface area contributed by atoms with Crippen molar-refractivity contribution >= 4 is 0 Å². The van der Waals surface area contributed by atoms with Crippen LogP contribution in [0.15, 0.2) is 12.4 Å². The van der Waals surface area contributed by atoms with Gasteiger partial charge in [-0.25, -0.2) is 4.98 Å². The van der Waals surface area contributed by atoms with E-state index in [4.69, 9.17) is 4.74 Å². The van der Waals surface area contributed by atoms with Gasteiger partial charge in [0.15, 0.2) is 0 Å². The highest BCUT2D eigenvalue weighted by molar-refractivity contribution is 4.94. The topological polar surface area (TPSA) is 33.6 Å². The highest BCUT2D eigenvalue weighted by atomic mass is 16.6. The number of likely N-dealkylation sites (tertiary alicyclic amines) is 1. The first-order valence-electron chi connectivity index (χ1n) is 6.16. The smallest absolute Gasteiger partial charge is 0.105 e. The van der Waals surface area contributed by atoms with Gasteiger partial charge in [0.25, 0.3) is 0 Å². The van der Waals surface area contributed by atoms with E-state index in [0.717, 1.165) is 25.5 Å². The average Bonchev–Trinajstić information content (AvgIpc) is 2.99. The Kier molecular flexibility index (Phi) is 2.69. The molecule has 2 aliphatic rings. The lowest BCUT2D eigenvalue weighted by molar-refractivity contribution is 0.163. The maximum Gasteiger partial charge on any atom is 0.105 e. The van der Waals surface area contributed by atoms with Gasteiger partial charge in [-0.1, -0.05) is 0 Å². The van der Waals surface area contributed by atoms with Crippen LogP contribution in [0, 0.1) is 6.92 Å². The number of ether oxygens (including phenoxy) is 1. The molecule has 1 aromatic rings. The number of hydrogen-bond donors (Lipinski definition) is 0. The van der Waals surface area contributed by atoms with E-state index in [1.54, 1.807) is 0 Å². The first kappa shape index (κ1) is 10.3. The van der Waals surface area contributed by atoms with Crippen LogP contribution in [0.3, 0.4) is 0 Å². The SMILES string of the molecule is Cc1nccn1C1CCCN(CC2CO2)C1. The van der Waals surface area contributed by atoms with Crippen LogP contribution in [0.5, 0.6) is 0 Å². The molecule has 2 atom stereocenters. The summed E-state index contributed by atoms with van der Waals surface area (Å²) in [6, 6.07) is 0.606. The molecule has 4 heteroatoms. The largest absolute Gasteiger partial charge is 0.372 e. The predicted molar refractivity (Wildman–Crippen MR) is 61.4 cm³/mol. The number of rotatable bonds is 3. The summed E-state index contributed by atoms with van der Waals surface area (Å²) in [4.78, 5) is 6.84. The maximum atomic E-state index is 5.30. The van der Waals surface area contributed by atoms with Crippen LogP contribution >= 0.6 is 0 Å². The molecule has 2 saturated heterocycles. The zero-order valence-corrected chi connectivity index (χ0v) is 9.80. The zero-order valence-electron chi connectivity index (χ0n) is 9.80. The lowest BCUT2D eigenvalue weighted by Gasteiger charge is -2.33. The van der Waals surface area contributed by atoms with Crippen molar-refractivity contribution in [3.63, 3.8) is 0 Å². The monoisotopic (exact) mass is 221 g/mol. The fourth-order valence-corrected chi connectivity index (χ4v) is 2.66. The van der Waals surface area contributed by atoms with Crippen molar-refractivity contribution in [3.05, 3.63) is 18.2 Å². The Morgan fingerprint density at radius 1 is 1.56 bits per heavy atom. The summed E-state index contributed by atoms with van der Waals surface area (Å²) >= 11 is 0. The summed E-state index contributed by atoms with van der Waals surface area (Å²) in [5.74, 6) is 1.13. The van der Waals surface area contributed by atoms with Gasteiger partial charge in [-0.2, -0.15) is 0 Å². The van der Waals surface area contributed by atoms with Gasteiger partial charge in [-0.15, -0.1) is 0 Å². The average molecular weight is 221 g/mol. The van der Waals surface area contributed by atoms with E-state index in [1.807, 2.05) is 6.20 Å². The van der Waals surface area contributed by atoms with E-state index < -0.39 is 0 Å². The van der Waals surface area contributed by atoms with E-state index in [2.05, 4.69) is 27.6 Å². The predicted octanol–water partition coefficient (Wildman–Crippen LogP) is 1.23. The summed E-state index contributed by atoms with van der Waals surface area (Å²) < 4.78 is 7.62. The number of imidazole rings is 1. The lowest BCUT2D eigenvalue weighted by atomic mass is 10.1. The summed E-state index contributed by atoms with van der Waals surface area (Å²) in [5, 5.41) is 0. The van der Waals surface area contributed by atoms with Gasteiger partial charge in [-0.3, -0.25) is 4.90 Å². The molecule has 16 heavy (non-hydrogen) atoms. The molecule has 2 unspecified atom stereocenters. The maximum absolute atomic E-state index is 5.30. The molecule has 2 fully saturated rings. The van der Waals surface area contributed by atoms with E-state index in [1.165, 1.54) is 19.4 Å². The van der Waals surface area contributed by atoms with Crippen LogP contribution in [-0.4, -0.2) is 46.8 Å². The molecule has 2 aliphatic heterocycles. The number of aromatic nitrogens is 2. The minimum absolute atomic E-state index is 0.516. The summed E-state index contributed by atoms with van der Waals surface area (Å²) in [7, 11) is 0. The summed E-state index contributed by atoms with van der Waals surface area (Å²) in [6.07, 6.45) is 7.09. The van der Waals surface area contributed by atoms with Gasteiger partial charge in [0.1, 0.15) is 5.82 Å². The molecule has 0 amide bonds. The van der Waals surface area contributed by atoms with Gasteiger partial charge < -0.3 is 9.30 Å². The molecule has 1 aromatic heterocycles. The van der Waals surface area contributed by atoms with Crippen LogP contribution in [0.25, 0.3) is 0 Å². The quantitative estimate of drug-likeness (QED) is 0.720. The van der Waals surface area contributed by atoms with Crippen LogP contribution in [0.4, 0.5) is 0 Å². The fraction of sp³-hybridized carbons (Fsp3) is 0.750. The fourth-order valence-electron chi connectivity index (χ4n) is 2.66. The molecular formula is C12H19N3O. The van der Waals surface area contributed by atoms with E-state index in [-0.39, 0.29) is 0 Å². The summed E-state index contributed by atoms with van der Waals surface area (Å²) in [5.41, 5.74) is 0. The molecule has 0 radical (unpaired) electrons. The molecule has 3 heterocycles. The van der Waals surface area contributed by atoms with Gasteiger partial charge in [0.05, 0.1) is 12.7 Å². The Balaban J connectivity index is 1.64. The highest BCUT2D eigenvalue weighted by Gasteiger charge is 2.29. The van der Waals surface area contributed by atoms with Crippen molar-refractivity contribution in [1.29, 1.82) is 0 Å². The molecule has 0 bridgehead atoms. The molecule has 0 aliphatic carbocycles. The number of piperidine rings is 1. The second-order valence-electron chi connectivity index (χ2n) is 4.89. The minimum Gasteiger partial charge on any atom is -0.372 e. The highest BCUT2D eigenvalue weighted by Crippen LogP contribution is 2.24. The molecule has 0 N–H and O–H groups in total. The molecule has 0 aromatic carbocycles. The Morgan fingerprint density at radius 2 is 2.44 bits per heavy atom. The van der Waals surface area contributed by atoms with Crippen molar-refractivity contribution in [2.45, 2.75) is 31.9 Å². The van der Waals surface area contributed by atoms with Crippen molar-refractivity contribution in [3.8, 4) is 0 Å². The van der Waals surface area contributed by atoms with Crippen LogP contribution in [0.2, 0.25) is 0 Å². The van der Waals surface area contributed by atoms with Gasteiger partial charge >= 0.3 is 0 Å². The first-order chi connectivity index (χ1) is 7.83. The molecule has 4 nitrogen and oxygen atoms in total. The Morgan fingerprint density at radius 3 is 3.12 bits per heavy atom. The third-order valence-electron chi connectivity index (χ3n) is 3.60. The normalized spacial score (nSPS) is 30.6. The van der Waals surface area contributed by atoms with Crippen LogP contribution in [0.1, 0.15) is 24.7 Å². The van der Waals surface area contributed by atoms with Crippen molar-refractivity contribution in [2.24, 2.45) is 0 Å². The first-order valence-corrected chi connectivity index (χ1v) is 6.16. The molecule has 88 valence electrons. The van der Waals surface area contributed by atoms with Crippen molar-refractivity contribution in [2.75, 3.05) is 26.2 Å². The minimum atomic E-state index is 0.516. The third-order valence-corrected chi connectivity index (χ3v) is 3.60. The van der Waals surface area contributed by atoms with Gasteiger partial charge in [0.2, 0.25) is 0 Å².